The van der Waals surface area contributed by atoms with Crippen LogP contribution >= 0.6 is 11.3 Å². The molecule has 268 valence electrons. The van der Waals surface area contributed by atoms with Crippen LogP contribution < -0.4 is 9.80 Å². The van der Waals surface area contributed by atoms with E-state index in [9.17, 15) is 0 Å². The SMILES string of the molecule is c1ccc(-c2cccc(N(c3ccccc3)c3ccc4c(c3)[C@@]3(CC4)CCc4ccc(N(c5ccccc5)c5ccc6sc7ccccc7c6c5)cc43)c2)cc1. The summed E-state index contributed by atoms with van der Waals surface area (Å²) in [6, 6.07) is 71.8. The Labute approximate surface area is 332 Å². The van der Waals surface area contributed by atoms with Gasteiger partial charge in [0.2, 0.25) is 0 Å². The third-order valence-electron chi connectivity index (χ3n) is 12.2. The molecule has 0 saturated carbocycles. The summed E-state index contributed by atoms with van der Waals surface area (Å²) in [7, 11) is 0. The lowest BCUT2D eigenvalue weighted by Crippen LogP contribution is -2.22. The maximum absolute atomic E-state index is 2.53. The Hall–Kier alpha value is -6.42. The Morgan fingerprint density at radius 2 is 0.839 bits per heavy atom. The minimum atomic E-state index is -0.0270. The van der Waals surface area contributed by atoms with Crippen molar-refractivity contribution in [2.24, 2.45) is 0 Å². The summed E-state index contributed by atoms with van der Waals surface area (Å²) in [6.45, 7) is 0. The van der Waals surface area contributed by atoms with Gasteiger partial charge in [-0.25, -0.2) is 0 Å². The maximum atomic E-state index is 2.53. The zero-order valence-electron chi connectivity index (χ0n) is 31.1. The summed E-state index contributed by atoms with van der Waals surface area (Å²) in [4.78, 5) is 4.90. The van der Waals surface area contributed by atoms with Crippen LogP contribution in [0.2, 0.25) is 0 Å². The predicted molar refractivity (Wildman–Crippen MR) is 238 cm³/mol. The van der Waals surface area contributed by atoms with E-state index in [1.807, 2.05) is 11.3 Å². The Morgan fingerprint density at radius 1 is 0.357 bits per heavy atom. The number of thiophene rings is 1. The van der Waals surface area contributed by atoms with Gasteiger partial charge in [0.05, 0.1) is 0 Å². The van der Waals surface area contributed by atoms with Gasteiger partial charge < -0.3 is 9.80 Å². The summed E-state index contributed by atoms with van der Waals surface area (Å²) >= 11 is 1.87. The van der Waals surface area contributed by atoms with Gasteiger partial charge in [0, 0.05) is 59.7 Å². The molecule has 0 radical (unpaired) electrons. The van der Waals surface area contributed by atoms with Crippen LogP contribution in [0.25, 0.3) is 31.3 Å². The van der Waals surface area contributed by atoms with Crippen molar-refractivity contribution in [1.82, 2.24) is 0 Å². The average molecular weight is 737 g/mol. The molecule has 0 bridgehead atoms. The van der Waals surface area contributed by atoms with E-state index < -0.39 is 0 Å². The van der Waals surface area contributed by atoms with E-state index in [4.69, 9.17) is 0 Å². The topological polar surface area (TPSA) is 6.48 Å². The number of hydrogen-bond donors (Lipinski definition) is 0. The van der Waals surface area contributed by atoms with Crippen LogP contribution in [-0.4, -0.2) is 0 Å². The molecular weight excluding hydrogens is 697 g/mol. The molecule has 3 heteroatoms. The fraction of sp³-hybridized carbons (Fsp3) is 0.0943. The smallest absolute Gasteiger partial charge is 0.0468 e. The molecule has 0 fully saturated rings. The summed E-state index contributed by atoms with van der Waals surface area (Å²) in [5.41, 5.74) is 15.4. The predicted octanol–water partition coefficient (Wildman–Crippen LogP) is 14.8. The standard InChI is InChI=1S/C53H40N2S/c1-4-13-37(14-5-1)40-15-12-20-43(33-40)54(41-16-6-2-7-17-41)45-25-23-38-29-31-53(49(38)35-45)32-30-39-24-26-46(36-50(39)53)55(42-18-8-3-9-19-42)44-27-28-52-48(34-44)47-21-10-11-22-51(47)56-52/h1-28,33-36H,29-32H2/t53-/m1/s1. The minimum Gasteiger partial charge on any atom is -0.310 e. The Morgan fingerprint density at radius 3 is 1.48 bits per heavy atom. The molecule has 2 aliphatic rings. The summed E-state index contributed by atoms with van der Waals surface area (Å²) in [6.07, 6.45) is 4.46. The highest BCUT2D eigenvalue weighted by atomic mass is 32.1. The quantitative estimate of drug-likeness (QED) is 0.161. The maximum Gasteiger partial charge on any atom is 0.0468 e. The van der Waals surface area contributed by atoms with Crippen molar-refractivity contribution in [2.75, 3.05) is 9.80 Å². The van der Waals surface area contributed by atoms with Crippen LogP contribution in [-0.2, 0) is 18.3 Å². The van der Waals surface area contributed by atoms with Gasteiger partial charge in [0.1, 0.15) is 0 Å². The van der Waals surface area contributed by atoms with E-state index in [2.05, 4.69) is 204 Å². The molecule has 11 rings (SSSR count). The number of rotatable bonds is 7. The van der Waals surface area contributed by atoms with Gasteiger partial charge >= 0.3 is 0 Å². The number of benzene rings is 8. The van der Waals surface area contributed by atoms with Crippen molar-refractivity contribution in [3.8, 4) is 11.1 Å². The Kier molecular flexibility index (Phi) is 7.89. The highest BCUT2D eigenvalue weighted by Crippen LogP contribution is 2.55. The van der Waals surface area contributed by atoms with Gasteiger partial charge in [-0.15, -0.1) is 11.3 Å². The lowest BCUT2D eigenvalue weighted by molar-refractivity contribution is 0.507. The number of nitrogens with zero attached hydrogens (tertiary/aromatic N) is 2. The van der Waals surface area contributed by atoms with Gasteiger partial charge in [0.15, 0.2) is 0 Å². The molecule has 1 heterocycles. The van der Waals surface area contributed by atoms with Crippen LogP contribution in [0.15, 0.2) is 194 Å². The Bertz CT molecular complexity index is 2880. The molecule has 1 spiro atoms. The summed E-state index contributed by atoms with van der Waals surface area (Å²) in [5, 5.41) is 2.64. The third kappa shape index (κ3) is 5.45. The first kappa shape index (κ1) is 33.0. The first-order valence-electron chi connectivity index (χ1n) is 19.8. The molecular formula is C53H40N2S. The fourth-order valence-electron chi connectivity index (χ4n) is 9.60. The molecule has 1 aromatic heterocycles. The van der Waals surface area contributed by atoms with Crippen LogP contribution in [0.4, 0.5) is 34.1 Å². The molecule has 56 heavy (non-hydrogen) atoms. The van der Waals surface area contributed by atoms with Crippen molar-refractivity contribution in [3.05, 3.63) is 216 Å². The van der Waals surface area contributed by atoms with Gasteiger partial charge in [-0.2, -0.15) is 0 Å². The van der Waals surface area contributed by atoms with E-state index in [1.54, 1.807) is 0 Å². The van der Waals surface area contributed by atoms with Crippen molar-refractivity contribution >= 4 is 65.6 Å². The number of aryl methyl sites for hydroxylation is 2. The summed E-state index contributed by atoms with van der Waals surface area (Å²) in [5.74, 6) is 0. The minimum absolute atomic E-state index is 0.0270. The second kappa shape index (κ2) is 13.4. The molecule has 0 N–H and O–H groups in total. The van der Waals surface area contributed by atoms with E-state index in [-0.39, 0.29) is 5.41 Å². The van der Waals surface area contributed by atoms with E-state index in [1.165, 1.54) is 76.3 Å². The van der Waals surface area contributed by atoms with Crippen LogP contribution in [0.1, 0.15) is 35.1 Å². The van der Waals surface area contributed by atoms with Gasteiger partial charge in [0.25, 0.3) is 0 Å². The number of para-hydroxylation sites is 2. The zero-order valence-corrected chi connectivity index (χ0v) is 31.9. The third-order valence-corrected chi connectivity index (χ3v) is 13.4. The molecule has 0 saturated heterocycles. The number of hydrogen-bond acceptors (Lipinski definition) is 3. The second-order valence-corrected chi connectivity index (χ2v) is 16.4. The second-order valence-electron chi connectivity index (χ2n) is 15.3. The first-order chi connectivity index (χ1) is 27.7. The van der Waals surface area contributed by atoms with E-state index >= 15 is 0 Å². The average Bonchev–Trinajstić information content (AvgIpc) is 3.95. The molecule has 2 nitrogen and oxygen atoms in total. The van der Waals surface area contributed by atoms with Gasteiger partial charge in [-0.1, -0.05) is 109 Å². The molecule has 8 aromatic carbocycles. The van der Waals surface area contributed by atoms with E-state index in [0.717, 1.165) is 37.1 Å². The fourth-order valence-corrected chi connectivity index (χ4v) is 10.7. The summed E-state index contributed by atoms with van der Waals surface area (Å²) < 4.78 is 2.66. The molecule has 0 aliphatic heterocycles. The molecule has 0 amide bonds. The normalized spacial score (nSPS) is 15.6. The van der Waals surface area contributed by atoms with Crippen LogP contribution in [0, 0.1) is 0 Å². The molecule has 0 unspecified atom stereocenters. The molecule has 9 aromatic rings. The van der Waals surface area contributed by atoms with Crippen molar-refractivity contribution in [2.45, 2.75) is 31.1 Å². The van der Waals surface area contributed by atoms with Crippen LogP contribution in [0.5, 0.6) is 0 Å². The monoisotopic (exact) mass is 736 g/mol. The van der Waals surface area contributed by atoms with Crippen molar-refractivity contribution < 1.29 is 0 Å². The number of anilines is 6. The van der Waals surface area contributed by atoms with Crippen molar-refractivity contribution in [1.29, 1.82) is 0 Å². The highest BCUT2D eigenvalue weighted by Gasteiger charge is 2.45. The zero-order chi connectivity index (χ0) is 37.1. The van der Waals surface area contributed by atoms with Gasteiger partial charge in [-0.05, 0) is 144 Å². The molecule has 1 atom stereocenters. The van der Waals surface area contributed by atoms with Crippen LogP contribution in [0.3, 0.4) is 0 Å². The van der Waals surface area contributed by atoms with Gasteiger partial charge in [-0.3, -0.25) is 0 Å². The Balaban J connectivity index is 1.03. The molecule has 2 aliphatic carbocycles. The highest BCUT2D eigenvalue weighted by molar-refractivity contribution is 7.25. The lowest BCUT2D eigenvalue weighted by atomic mass is 9.76. The number of fused-ring (bicyclic) bond motifs is 7. The lowest BCUT2D eigenvalue weighted by Gasteiger charge is -2.31. The van der Waals surface area contributed by atoms with Crippen molar-refractivity contribution in [3.63, 3.8) is 0 Å². The first-order valence-corrected chi connectivity index (χ1v) is 20.6. The largest absolute Gasteiger partial charge is 0.310 e. The van der Waals surface area contributed by atoms with E-state index in [0.29, 0.717) is 0 Å².